The van der Waals surface area contributed by atoms with Crippen LogP contribution in [0.3, 0.4) is 0 Å². The smallest absolute Gasteiger partial charge is 0.342 e. The number of carbonyl (C=O) groups is 1. The van der Waals surface area contributed by atoms with E-state index in [1.807, 2.05) is 27.7 Å². The van der Waals surface area contributed by atoms with Gasteiger partial charge in [-0.15, -0.1) is 5.11 Å². The molecule has 2 unspecified atom stereocenters. The van der Waals surface area contributed by atoms with Gasteiger partial charge in [0.15, 0.2) is 11.6 Å². The van der Waals surface area contributed by atoms with Crippen molar-refractivity contribution in [3.8, 4) is 0 Å². The van der Waals surface area contributed by atoms with E-state index in [0.717, 1.165) is 23.4 Å². The van der Waals surface area contributed by atoms with E-state index in [4.69, 9.17) is 0 Å². The number of nitrogens with one attached hydrogen (secondary N) is 1. The Kier molecular flexibility index (Phi) is 3.90. The third-order valence-corrected chi connectivity index (χ3v) is 5.95. The number of azo groups is 1. The molecule has 0 amide bonds. The van der Waals surface area contributed by atoms with E-state index in [1.54, 1.807) is 6.07 Å². The van der Waals surface area contributed by atoms with E-state index in [9.17, 15) is 18.0 Å². The fourth-order valence-corrected chi connectivity index (χ4v) is 4.79. The van der Waals surface area contributed by atoms with Crippen LogP contribution in [0.4, 0.5) is 13.2 Å². The third-order valence-electron chi connectivity index (χ3n) is 5.95. The summed E-state index contributed by atoms with van der Waals surface area (Å²) in [6.07, 6.45) is -3.47. The number of rotatable bonds is 1. The van der Waals surface area contributed by atoms with E-state index >= 15 is 0 Å². The van der Waals surface area contributed by atoms with Crippen LogP contribution in [-0.4, -0.2) is 11.8 Å². The van der Waals surface area contributed by atoms with Gasteiger partial charge >= 0.3 is 6.18 Å². The fraction of sp³-hybridized carbons (Fsp3) is 0.476. The van der Waals surface area contributed by atoms with Crippen molar-refractivity contribution in [2.24, 2.45) is 15.6 Å². The Morgan fingerprint density at radius 1 is 1.18 bits per heavy atom. The summed E-state index contributed by atoms with van der Waals surface area (Å²) in [5.74, 6) is 0.515. The molecular weight excluding hydrogens is 367 g/mol. The molecule has 0 radical (unpaired) electrons. The first-order valence-corrected chi connectivity index (χ1v) is 9.30. The Morgan fingerprint density at radius 3 is 2.57 bits per heavy atom. The monoisotopic (exact) mass is 389 g/mol. The summed E-state index contributed by atoms with van der Waals surface area (Å²) < 4.78 is 40.1. The highest BCUT2D eigenvalue weighted by atomic mass is 19.4. The predicted octanol–water partition coefficient (Wildman–Crippen LogP) is 5.28. The molecule has 0 fully saturated rings. The Morgan fingerprint density at radius 2 is 1.89 bits per heavy atom. The van der Waals surface area contributed by atoms with Gasteiger partial charge in [0, 0.05) is 28.7 Å². The van der Waals surface area contributed by atoms with Gasteiger partial charge in [-0.05, 0) is 37.3 Å². The molecule has 0 saturated heterocycles. The molecule has 2 aliphatic heterocycles. The zero-order valence-electron chi connectivity index (χ0n) is 16.2. The number of Topliss-reactive ketones (excluding diaryl/α,β-unsaturated/α-hetero) is 1. The van der Waals surface area contributed by atoms with Crippen molar-refractivity contribution in [1.82, 2.24) is 5.32 Å². The van der Waals surface area contributed by atoms with E-state index < -0.39 is 17.2 Å². The van der Waals surface area contributed by atoms with Crippen LogP contribution in [0.1, 0.15) is 51.7 Å². The topological polar surface area (TPSA) is 53.8 Å². The number of hydrogen-bond donors (Lipinski definition) is 1. The van der Waals surface area contributed by atoms with Crippen molar-refractivity contribution in [2.75, 3.05) is 0 Å². The van der Waals surface area contributed by atoms with Crippen molar-refractivity contribution >= 4 is 5.78 Å². The van der Waals surface area contributed by atoms with Crippen LogP contribution in [0.5, 0.6) is 0 Å². The first-order valence-electron chi connectivity index (χ1n) is 9.30. The van der Waals surface area contributed by atoms with Crippen LogP contribution in [0, 0.1) is 5.41 Å². The molecule has 7 heteroatoms. The maximum Gasteiger partial charge on any atom is 0.416 e. The second kappa shape index (κ2) is 5.78. The highest BCUT2D eigenvalue weighted by Crippen LogP contribution is 2.53. The number of ketones is 1. The van der Waals surface area contributed by atoms with Gasteiger partial charge in [-0.1, -0.05) is 32.0 Å². The molecule has 0 aromatic heterocycles. The number of halogens is 3. The lowest BCUT2D eigenvalue weighted by molar-refractivity contribution is -0.137. The van der Waals surface area contributed by atoms with Crippen LogP contribution >= 0.6 is 0 Å². The second-order valence-electron chi connectivity index (χ2n) is 8.78. The molecule has 1 aromatic carbocycles. The Hall–Kier alpha value is -2.44. The van der Waals surface area contributed by atoms with E-state index in [1.165, 1.54) is 6.07 Å². The summed E-state index contributed by atoms with van der Waals surface area (Å²) in [6.45, 7) is 7.71. The van der Waals surface area contributed by atoms with Gasteiger partial charge in [0.2, 0.25) is 0 Å². The maximum atomic E-state index is 13.4. The van der Waals surface area contributed by atoms with E-state index in [-0.39, 0.29) is 17.2 Å². The first kappa shape index (κ1) is 18.9. The van der Waals surface area contributed by atoms with Crippen molar-refractivity contribution < 1.29 is 18.0 Å². The number of alkyl halides is 3. The average Bonchev–Trinajstić information content (AvgIpc) is 2.94. The molecule has 4 rings (SSSR count). The summed E-state index contributed by atoms with van der Waals surface area (Å²) in [5, 5.41) is 11.7. The molecule has 3 aliphatic rings. The number of carbonyl (C=O) groups excluding carboxylic acids is 1. The molecule has 0 saturated carbocycles. The Bertz CT molecular complexity index is 971. The zero-order valence-corrected chi connectivity index (χ0v) is 16.2. The maximum absolute atomic E-state index is 13.4. The van der Waals surface area contributed by atoms with E-state index in [2.05, 4.69) is 15.5 Å². The summed E-state index contributed by atoms with van der Waals surface area (Å²) in [4.78, 5) is 13.2. The molecule has 1 N–H and O–H groups in total. The fourth-order valence-electron chi connectivity index (χ4n) is 4.79. The standard InChI is InChI=1S/C21H22F3N3O/c1-11-16-18(27-26-11)25-14-9-19(2,3)10-15(28)17(14)20(16,4)12-6-5-7-13(8-12)21(22,23)24/h5-8,11,25H,9-10H2,1-4H3. The average molecular weight is 389 g/mol. The lowest BCUT2D eigenvalue weighted by Gasteiger charge is -2.45. The molecule has 2 heterocycles. The van der Waals surface area contributed by atoms with Gasteiger partial charge in [-0.25, -0.2) is 0 Å². The minimum Gasteiger partial charge on any atom is -0.342 e. The first-order chi connectivity index (χ1) is 12.9. The number of hydrogen-bond acceptors (Lipinski definition) is 4. The van der Waals surface area contributed by atoms with Gasteiger partial charge in [-0.3, -0.25) is 4.79 Å². The molecule has 0 spiro atoms. The molecule has 0 bridgehead atoms. The zero-order chi connectivity index (χ0) is 20.5. The highest BCUT2D eigenvalue weighted by molar-refractivity contribution is 6.01. The summed E-state index contributed by atoms with van der Waals surface area (Å²) >= 11 is 0. The molecule has 1 aliphatic carbocycles. The number of benzene rings is 1. The second-order valence-corrected chi connectivity index (χ2v) is 8.78. The third kappa shape index (κ3) is 2.71. The SMILES string of the molecule is CC1N=NC2=C1C(C)(c1cccc(C(F)(F)F)c1)C1=C(CC(C)(C)CC1=O)N2. The van der Waals surface area contributed by atoms with Crippen molar-refractivity contribution in [3.63, 3.8) is 0 Å². The van der Waals surface area contributed by atoms with Crippen LogP contribution in [0.2, 0.25) is 0 Å². The van der Waals surface area contributed by atoms with Gasteiger partial charge in [0.05, 0.1) is 11.6 Å². The number of nitrogens with zero attached hydrogens (tertiary/aromatic N) is 2. The predicted molar refractivity (Wildman–Crippen MR) is 98.3 cm³/mol. The van der Waals surface area contributed by atoms with Crippen molar-refractivity contribution in [2.45, 2.75) is 58.2 Å². The Balaban J connectivity index is 1.97. The van der Waals surface area contributed by atoms with Gasteiger partial charge in [-0.2, -0.15) is 18.3 Å². The summed E-state index contributed by atoms with van der Waals surface area (Å²) in [5.41, 5.74) is 0.522. The molecule has 28 heavy (non-hydrogen) atoms. The lowest BCUT2D eigenvalue weighted by atomic mass is 9.60. The van der Waals surface area contributed by atoms with Crippen molar-refractivity contribution in [3.05, 3.63) is 58.1 Å². The summed E-state index contributed by atoms with van der Waals surface area (Å²) in [6, 6.07) is 4.94. The minimum atomic E-state index is -4.46. The molecule has 4 nitrogen and oxygen atoms in total. The van der Waals surface area contributed by atoms with Crippen LogP contribution < -0.4 is 5.32 Å². The van der Waals surface area contributed by atoms with Gasteiger partial charge in [0.1, 0.15) is 0 Å². The van der Waals surface area contributed by atoms with Gasteiger partial charge < -0.3 is 5.32 Å². The van der Waals surface area contributed by atoms with Crippen LogP contribution in [0.25, 0.3) is 0 Å². The molecule has 1 aromatic rings. The van der Waals surface area contributed by atoms with Gasteiger partial charge in [0.25, 0.3) is 0 Å². The summed E-state index contributed by atoms with van der Waals surface area (Å²) in [7, 11) is 0. The molecular formula is C21H22F3N3O. The van der Waals surface area contributed by atoms with Crippen LogP contribution in [-0.2, 0) is 16.4 Å². The normalized spacial score (nSPS) is 29.0. The lowest BCUT2D eigenvalue weighted by Crippen LogP contribution is -2.46. The molecule has 148 valence electrons. The van der Waals surface area contributed by atoms with Crippen molar-refractivity contribution in [1.29, 1.82) is 0 Å². The Labute approximate surface area is 161 Å². The van der Waals surface area contributed by atoms with E-state index in [0.29, 0.717) is 29.8 Å². The minimum absolute atomic E-state index is 0.0377. The number of allylic oxidation sites excluding steroid dienone is 2. The largest absolute Gasteiger partial charge is 0.416 e. The number of dihydropyridines is 1. The quantitative estimate of drug-likeness (QED) is 0.711. The highest BCUT2D eigenvalue weighted by Gasteiger charge is 2.51. The molecule has 2 atom stereocenters. The van der Waals surface area contributed by atoms with Crippen LogP contribution in [0.15, 0.2) is 57.2 Å².